The van der Waals surface area contributed by atoms with Crippen molar-refractivity contribution in [1.82, 2.24) is 0 Å². The van der Waals surface area contributed by atoms with Gasteiger partial charge in [-0.3, -0.25) is 4.79 Å². The minimum absolute atomic E-state index is 0.0183. The van der Waals surface area contributed by atoms with Gasteiger partial charge < -0.3 is 14.2 Å². The van der Waals surface area contributed by atoms with Gasteiger partial charge in [-0.1, -0.05) is 0 Å². The van der Waals surface area contributed by atoms with Crippen molar-refractivity contribution in [2.24, 2.45) is 0 Å². The van der Waals surface area contributed by atoms with E-state index in [1.54, 1.807) is 6.92 Å². The zero-order valence-corrected chi connectivity index (χ0v) is 11.2. The minimum atomic E-state index is -3.73. The lowest BCUT2D eigenvalue weighted by atomic mass is 10.3. The van der Waals surface area contributed by atoms with Crippen molar-refractivity contribution < 1.29 is 27.4 Å². The van der Waals surface area contributed by atoms with Gasteiger partial charge in [0.15, 0.2) is 27.1 Å². The first-order chi connectivity index (χ1) is 9.03. The summed E-state index contributed by atoms with van der Waals surface area (Å²) in [5.74, 6) is -0.574. The molecule has 0 saturated carbocycles. The van der Waals surface area contributed by atoms with Crippen molar-refractivity contribution in [3.8, 4) is 11.5 Å². The Hall–Kier alpha value is -1.76. The molecule has 0 aliphatic carbocycles. The number of carbonyl (C=O) groups is 1. The van der Waals surface area contributed by atoms with Gasteiger partial charge in [0, 0.05) is 6.07 Å². The third-order valence-electron chi connectivity index (χ3n) is 2.49. The zero-order valence-electron chi connectivity index (χ0n) is 10.4. The highest BCUT2D eigenvalue weighted by atomic mass is 32.2. The van der Waals surface area contributed by atoms with Crippen molar-refractivity contribution in [3.05, 3.63) is 18.2 Å². The first-order valence-electron chi connectivity index (χ1n) is 5.81. The Morgan fingerprint density at radius 2 is 1.95 bits per heavy atom. The van der Waals surface area contributed by atoms with E-state index in [-0.39, 0.29) is 11.5 Å². The van der Waals surface area contributed by atoms with Crippen LogP contribution in [0.4, 0.5) is 0 Å². The van der Waals surface area contributed by atoms with E-state index in [2.05, 4.69) is 4.74 Å². The topological polar surface area (TPSA) is 78.9 Å². The third-order valence-corrected chi connectivity index (χ3v) is 4.07. The molecule has 19 heavy (non-hydrogen) atoms. The van der Waals surface area contributed by atoms with E-state index < -0.39 is 21.6 Å². The molecule has 6 nitrogen and oxygen atoms in total. The largest absolute Gasteiger partial charge is 0.486 e. The van der Waals surface area contributed by atoms with E-state index in [9.17, 15) is 13.2 Å². The maximum absolute atomic E-state index is 12.0. The number of sulfone groups is 1. The van der Waals surface area contributed by atoms with Crippen molar-refractivity contribution >= 4 is 15.8 Å². The lowest BCUT2D eigenvalue weighted by Crippen LogP contribution is -2.20. The lowest BCUT2D eigenvalue weighted by Gasteiger charge is -2.18. The normalized spacial score (nSPS) is 13.9. The minimum Gasteiger partial charge on any atom is -0.486 e. The molecule has 0 saturated heterocycles. The monoisotopic (exact) mass is 286 g/mol. The fourth-order valence-corrected chi connectivity index (χ4v) is 2.78. The van der Waals surface area contributed by atoms with Gasteiger partial charge in [-0.2, -0.15) is 0 Å². The molecule has 0 aromatic heterocycles. The number of hydrogen-bond acceptors (Lipinski definition) is 6. The predicted octanol–water partition coefficient (Wildman–Crippen LogP) is 0.795. The van der Waals surface area contributed by atoms with E-state index in [0.717, 1.165) is 0 Å². The van der Waals surface area contributed by atoms with Gasteiger partial charge in [-0.05, 0) is 19.1 Å². The van der Waals surface area contributed by atoms with Crippen LogP contribution >= 0.6 is 0 Å². The fraction of sp³-hybridized carbons (Fsp3) is 0.417. The maximum atomic E-state index is 12.0. The van der Waals surface area contributed by atoms with Crippen LogP contribution in [-0.4, -0.2) is 40.0 Å². The molecule has 0 bridgehead atoms. The quantitative estimate of drug-likeness (QED) is 0.762. The fourth-order valence-electron chi connectivity index (χ4n) is 1.66. The Balaban J connectivity index is 2.23. The third kappa shape index (κ3) is 3.17. The SMILES string of the molecule is CCOC(=O)CS(=O)(=O)c1ccc2c(c1)OCCO2. The van der Waals surface area contributed by atoms with Gasteiger partial charge in [0.2, 0.25) is 0 Å². The first kappa shape index (κ1) is 13.7. The van der Waals surface area contributed by atoms with Crippen molar-refractivity contribution in [2.75, 3.05) is 25.6 Å². The highest BCUT2D eigenvalue weighted by Crippen LogP contribution is 2.32. The summed E-state index contributed by atoms with van der Waals surface area (Å²) in [4.78, 5) is 11.3. The molecule has 0 radical (unpaired) electrons. The summed E-state index contributed by atoms with van der Waals surface area (Å²) in [6.07, 6.45) is 0. The summed E-state index contributed by atoms with van der Waals surface area (Å²) in [7, 11) is -3.73. The number of carbonyl (C=O) groups excluding carboxylic acids is 1. The van der Waals surface area contributed by atoms with Crippen LogP contribution < -0.4 is 9.47 Å². The lowest BCUT2D eigenvalue weighted by molar-refractivity contribution is -0.139. The molecule has 1 aliphatic rings. The number of ether oxygens (including phenoxy) is 3. The van der Waals surface area contributed by atoms with Crippen LogP contribution in [0.2, 0.25) is 0 Å². The Bertz CT molecular complexity index is 578. The highest BCUT2D eigenvalue weighted by Gasteiger charge is 2.23. The molecule has 0 N–H and O–H groups in total. The van der Waals surface area contributed by atoms with Crippen LogP contribution in [0.3, 0.4) is 0 Å². The van der Waals surface area contributed by atoms with Gasteiger partial charge in [0.1, 0.15) is 13.2 Å². The summed E-state index contributed by atoms with van der Waals surface area (Å²) >= 11 is 0. The van der Waals surface area contributed by atoms with Crippen LogP contribution in [-0.2, 0) is 19.4 Å². The number of rotatable bonds is 4. The van der Waals surface area contributed by atoms with Gasteiger partial charge in [0.25, 0.3) is 0 Å². The molecule has 0 atom stereocenters. The molecule has 0 fully saturated rings. The number of esters is 1. The highest BCUT2D eigenvalue weighted by molar-refractivity contribution is 7.92. The standard InChI is InChI=1S/C12H14O6S/c1-2-16-12(13)8-19(14,15)9-3-4-10-11(7-9)18-6-5-17-10/h3-4,7H,2,5-6,8H2,1H3. The van der Waals surface area contributed by atoms with Gasteiger partial charge in [-0.25, -0.2) is 8.42 Å². The second-order valence-electron chi connectivity index (χ2n) is 3.87. The molecule has 1 aliphatic heterocycles. The molecular formula is C12H14O6S. The first-order valence-corrected chi connectivity index (χ1v) is 7.46. The van der Waals surface area contributed by atoms with Crippen LogP contribution in [0.1, 0.15) is 6.92 Å². The summed E-state index contributed by atoms with van der Waals surface area (Å²) in [6.45, 7) is 2.57. The molecule has 0 unspecified atom stereocenters. The van der Waals surface area contributed by atoms with Crippen LogP contribution in [0, 0.1) is 0 Å². The van der Waals surface area contributed by atoms with Gasteiger partial charge >= 0.3 is 5.97 Å². The molecular weight excluding hydrogens is 272 g/mol. The van der Waals surface area contributed by atoms with E-state index in [1.165, 1.54) is 18.2 Å². The summed E-state index contributed by atoms with van der Waals surface area (Å²) in [5, 5.41) is 0. The number of fused-ring (bicyclic) bond motifs is 1. The molecule has 0 spiro atoms. The van der Waals surface area contributed by atoms with E-state index in [0.29, 0.717) is 24.7 Å². The van der Waals surface area contributed by atoms with E-state index >= 15 is 0 Å². The van der Waals surface area contributed by atoms with Crippen molar-refractivity contribution in [3.63, 3.8) is 0 Å². The second-order valence-corrected chi connectivity index (χ2v) is 5.86. The molecule has 1 aromatic carbocycles. The Morgan fingerprint density at radius 1 is 1.26 bits per heavy atom. The number of benzene rings is 1. The van der Waals surface area contributed by atoms with Crippen LogP contribution in [0.25, 0.3) is 0 Å². The van der Waals surface area contributed by atoms with Crippen molar-refractivity contribution in [1.29, 1.82) is 0 Å². The smallest absolute Gasteiger partial charge is 0.321 e. The molecule has 2 rings (SSSR count). The summed E-state index contributed by atoms with van der Waals surface area (Å²) < 4.78 is 39.3. The molecule has 104 valence electrons. The molecule has 7 heteroatoms. The van der Waals surface area contributed by atoms with Crippen molar-refractivity contribution in [2.45, 2.75) is 11.8 Å². The maximum Gasteiger partial charge on any atom is 0.321 e. The zero-order chi connectivity index (χ0) is 13.9. The molecule has 0 amide bonds. The predicted molar refractivity (Wildman–Crippen MR) is 66.1 cm³/mol. The Morgan fingerprint density at radius 3 is 2.63 bits per heavy atom. The van der Waals surface area contributed by atoms with E-state index in [4.69, 9.17) is 9.47 Å². The molecule has 1 heterocycles. The Labute approximate surface area is 111 Å². The average molecular weight is 286 g/mol. The molecule has 1 aromatic rings. The Kier molecular flexibility index (Phi) is 3.94. The van der Waals surface area contributed by atoms with Crippen LogP contribution in [0.15, 0.2) is 23.1 Å². The second kappa shape index (κ2) is 5.48. The van der Waals surface area contributed by atoms with Gasteiger partial charge in [0.05, 0.1) is 11.5 Å². The summed E-state index contributed by atoms with van der Waals surface area (Å²) in [6, 6.07) is 4.28. The average Bonchev–Trinajstić information content (AvgIpc) is 2.37. The van der Waals surface area contributed by atoms with Crippen LogP contribution in [0.5, 0.6) is 11.5 Å². The van der Waals surface area contributed by atoms with E-state index in [1.807, 2.05) is 0 Å². The van der Waals surface area contributed by atoms with Gasteiger partial charge in [-0.15, -0.1) is 0 Å². The summed E-state index contributed by atoms with van der Waals surface area (Å²) in [5.41, 5.74) is 0. The number of hydrogen-bond donors (Lipinski definition) is 0.